The van der Waals surface area contributed by atoms with Gasteiger partial charge in [-0.25, -0.2) is 24.3 Å². The van der Waals surface area contributed by atoms with Crippen LogP contribution in [-0.4, -0.2) is 0 Å². The molecule has 0 unspecified atom stereocenters. The molecule has 0 amide bonds. The van der Waals surface area contributed by atoms with Crippen LogP contribution in [-0.2, 0) is 17.4 Å². The van der Waals surface area contributed by atoms with E-state index >= 15 is 0 Å². The predicted molar refractivity (Wildman–Crippen MR) is 53.5 cm³/mol. The zero-order chi connectivity index (χ0) is 8.81. The minimum absolute atomic E-state index is 0. The van der Waals surface area contributed by atoms with Crippen molar-refractivity contribution >= 4 is 0 Å². The summed E-state index contributed by atoms with van der Waals surface area (Å²) in [5.74, 6) is 0. The minimum Gasteiger partial charge on any atom is -0.213 e. The summed E-state index contributed by atoms with van der Waals surface area (Å²) in [6, 6.07) is 16.5. The second-order valence-corrected chi connectivity index (χ2v) is 2.92. The predicted octanol–water partition coefficient (Wildman–Crippen LogP) is 3.43. The van der Waals surface area contributed by atoms with Gasteiger partial charge in [0.1, 0.15) is 0 Å². The molecule has 0 aliphatic rings. The van der Waals surface area contributed by atoms with Gasteiger partial charge in [-0.1, -0.05) is 13.8 Å². The Bertz CT molecular complexity index is 245. The molecule has 2 rings (SSSR count). The number of rotatable bonds is 0. The molecule has 1 heteroatoms. The first-order chi connectivity index (χ1) is 5.79. The summed E-state index contributed by atoms with van der Waals surface area (Å²) >= 11 is 0. The summed E-state index contributed by atoms with van der Waals surface area (Å²) in [5, 5.41) is 0. The van der Waals surface area contributed by atoms with E-state index < -0.39 is 0 Å². The summed E-state index contributed by atoms with van der Waals surface area (Å²) in [6.07, 6.45) is 0. The molecule has 0 aromatic heterocycles. The summed E-state index contributed by atoms with van der Waals surface area (Å²) in [6.45, 7) is 4.17. The Morgan fingerprint density at radius 2 is 0.846 bits per heavy atom. The van der Waals surface area contributed by atoms with Crippen LogP contribution in [0.3, 0.4) is 0 Å². The van der Waals surface area contributed by atoms with Crippen molar-refractivity contribution in [2.75, 3.05) is 0 Å². The normalized spacial score (nSPS) is 8.15. The molecular formula is C12H14Cr-2. The topological polar surface area (TPSA) is 0 Å². The average molecular weight is 210 g/mol. The van der Waals surface area contributed by atoms with Gasteiger partial charge in [0.2, 0.25) is 0 Å². The third kappa shape index (κ3) is 5.47. The maximum atomic E-state index is 2.08. The molecule has 0 N–H and O–H groups in total. The van der Waals surface area contributed by atoms with Gasteiger partial charge in [-0.2, -0.15) is 35.4 Å². The zero-order valence-corrected chi connectivity index (χ0v) is 9.30. The van der Waals surface area contributed by atoms with Crippen LogP contribution in [0.4, 0.5) is 0 Å². The van der Waals surface area contributed by atoms with E-state index in [0.29, 0.717) is 0 Å². The van der Waals surface area contributed by atoms with Gasteiger partial charge in [0, 0.05) is 17.4 Å². The molecule has 0 saturated heterocycles. The molecule has 0 bridgehead atoms. The smallest absolute Gasteiger partial charge is 0 e. The molecule has 0 aliphatic carbocycles. The summed E-state index contributed by atoms with van der Waals surface area (Å²) < 4.78 is 0. The van der Waals surface area contributed by atoms with Gasteiger partial charge in [-0.05, 0) is 0 Å². The Kier molecular flexibility index (Phi) is 6.32. The molecule has 0 atom stereocenters. The number of aryl methyl sites for hydroxylation is 2. The fourth-order valence-corrected chi connectivity index (χ4v) is 0.940. The summed E-state index contributed by atoms with van der Waals surface area (Å²) in [4.78, 5) is 0. The second kappa shape index (κ2) is 6.72. The zero-order valence-electron chi connectivity index (χ0n) is 8.03. The minimum atomic E-state index is 0. The average Bonchev–Trinajstić information content (AvgIpc) is 2.63. The molecule has 13 heavy (non-hydrogen) atoms. The van der Waals surface area contributed by atoms with Crippen molar-refractivity contribution in [2.45, 2.75) is 13.8 Å². The molecule has 0 radical (unpaired) electrons. The van der Waals surface area contributed by atoms with Crippen molar-refractivity contribution in [1.29, 1.82) is 0 Å². The van der Waals surface area contributed by atoms with Gasteiger partial charge in [-0.3, -0.25) is 0 Å². The van der Waals surface area contributed by atoms with Crippen molar-refractivity contribution in [3.63, 3.8) is 0 Å². The van der Waals surface area contributed by atoms with Gasteiger partial charge in [-0.15, -0.1) is 0 Å². The van der Waals surface area contributed by atoms with Crippen molar-refractivity contribution in [1.82, 2.24) is 0 Å². The van der Waals surface area contributed by atoms with E-state index in [2.05, 4.69) is 38.1 Å². The Morgan fingerprint density at radius 1 is 0.615 bits per heavy atom. The fourth-order valence-electron chi connectivity index (χ4n) is 0.940. The summed E-state index contributed by atoms with van der Waals surface area (Å²) in [5.41, 5.74) is 2.69. The molecule has 0 fully saturated rings. The number of hydrogen-bond acceptors (Lipinski definition) is 0. The Hall–Kier alpha value is -0.768. The maximum absolute atomic E-state index is 2.08. The first-order valence-corrected chi connectivity index (χ1v) is 4.15. The van der Waals surface area contributed by atoms with Crippen LogP contribution in [0.2, 0.25) is 0 Å². The third-order valence-corrected chi connectivity index (χ3v) is 1.66. The van der Waals surface area contributed by atoms with Gasteiger partial charge in [0.25, 0.3) is 0 Å². The number of hydrogen-bond donors (Lipinski definition) is 0. The first-order valence-electron chi connectivity index (χ1n) is 4.15. The van der Waals surface area contributed by atoms with Crippen LogP contribution in [0.1, 0.15) is 11.1 Å². The van der Waals surface area contributed by atoms with Crippen molar-refractivity contribution < 1.29 is 17.4 Å². The molecular weight excluding hydrogens is 196 g/mol. The SMILES string of the molecule is C[c-]1cccc1.C[c-]1cccc1.[Cr]. The largest absolute Gasteiger partial charge is 0.213 e. The second-order valence-electron chi connectivity index (χ2n) is 2.92. The Morgan fingerprint density at radius 3 is 0.923 bits per heavy atom. The monoisotopic (exact) mass is 210 g/mol. The molecule has 2 aromatic rings. The van der Waals surface area contributed by atoms with E-state index in [9.17, 15) is 0 Å². The third-order valence-electron chi connectivity index (χ3n) is 1.66. The standard InChI is InChI=1S/2C6H7.Cr/c2*1-6-4-2-3-5-6;/h2*2-5H,1H3;/q2*-1;. The molecule has 0 heterocycles. The van der Waals surface area contributed by atoms with Gasteiger partial charge in [0.05, 0.1) is 0 Å². The van der Waals surface area contributed by atoms with Crippen molar-refractivity contribution in [3.05, 3.63) is 59.7 Å². The molecule has 0 saturated carbocycles. The van der Waals surface area contributed by atoms with Crippen LogP contribution in [0.15, 0.2) is 48.5 Å². The van der Waals surface area contributed by atoms with E-state index in [0.717, 1.165) is 0 Å². The van der Waals surface area contributed by atoms with Crippen molar-refractivity contribution in [3.8, 4) is 0 Å². The maximum Gasteiger partial charge on any atom is 0 e. The quantitative estimate of drug-likeness (QED) is 0.584. The van der Waals surface area contributed by atoms with E-state index in [1.54, 1.807) is 0 Å². The van der Waals surface area contributed by atoms with E-state index in [1.807, 2.05) is 24.3 Å². The van der Waals surface area contributed by atoms with E-state index in [4.69, 9.17) is 0 Å². The molecule has 0 nitrogen and oxygen atoms in total. The molecule has 0 spiro atoms. The van der Waals surface area contributed by atoms with Crippen LogP contribution in [0, 0.1) is 13.8 Å². The van der Waals surface area contributed by atoms with E-state index in [-0.39, 0.29) is 17.4 Å². The molecule has 70 valence electrons. The first kappa shape index (κ1) is 12.2. The van der Waals surface area contributed by atoms with Crippen LogP contribution in [0.5, 0.6) is 0 Å². The van der Waals surface area contributed by atoms with Gasteiger partial charge >= 0.3 is 0 Å². The molecule has 2 aromatic carbocycles. The Balaban J connectivity index is 0.000000206. The fraction of sp³-hybridized carbons (Fsp3) is 0.167. The van der Waals surface area contributed by atoms with Crippen molar-refractivity contribution in [2.24, 2.45) is 0 Å². The van der Waals surface area contributed by atoms with Crippen LogP contribution in [0.25, 0.3) is 0 Å². The summed E-state index contributed by atoms with van der Waals surface area (Å²) in [7, 11) is 0. The van der Waals surface area contributed by atoms with Gasteiger partial charge in [0.15, 0.2) is 0 Å². The van der Waals surface area contributed by atoms with E-state index in [1.165, 1.54) is 11.1 Å². The molecule has 0 aliphatic heterocycles. The Labute approximate surface area is 91.1 Å². The van der Waals surface area contributed by atoms with Gasteiger partial charge < -0.3 is 0 Å². The van der Waals surface area contributed by atoms with Crippen LogP contribution < -0.4 is 0 Å². The van der Waals surface area contributed by atoms with Crippen LogP contribution >= 0.6 is 0 Å².